The highest BCUT2D eigenvalue weighted by Crippen LogP contribution is 2.35. The lowest BCUT2D eigenvalue weighted by atomic mass is 10.0. The number of rotatable bonds is 14. The van der Waals surface area contributed by atoms with E-state index in [4.69, 9.17) is 16.3 Å². The van der Waals surface area contributed by atoms with Crippen LogP contribution in [0.3, 0.4) is 0 Å². The molecule has 2 amide bonds. The molecule has 4 aromatic carbocycles. The summed E-state index contributed by atoms with van der Waals surface area (Å²) in [6.45, 7) is 3.37. The van der Waals surface area contributed by atoms with E-state index in [1.54, 1.807) is 18.2 Å². The van der Waals surface area contributed by atoms with Crippen LogP contribution >= 0.6 is 11.6 Å². The third-order valence-electron chi connectivity index (χ3n) is 7.38. The Bertz CT molecular complexity index is 1740. The minimum absolute atomic E-state index is 0.0421. The van der Waals surface area contributed by atoms with E-state index < -0.39 is 40.2 Å². The third kappa shape index (κ3) is 8.64. The summed E-state index contributed by atoms with van der Waals surface area (Å²) in [6.07, 6.45) is 0.835. The van der Waals surface area contributed by atoms with Crippen molar-refractivity contribution < 1.29 is 27.1 Å². The average molecular weight is 666 g/mol. The topological polar surface area (TPSA) is 96.0 Å². The lowest BCUT2D eigenvalue weighted by Crippen LogP contribution is -2.53. The molecule has 4 aromatic rings. The predicted octanol–water partition coefficient (Wildman–Crippen LogP) is 6.16. The Kier molecular flexibility index (Phi) is 11.8. The average Bonchev–Trinajstić information content (AvgIpc) is 3.05. The Morgan fingerprint density at radius 1 is 0.935 bits per heavy atom. The molecule has 8 nitrogen and oxygen atoms in total. The number of carbonyl (C=O) groups excluding carboxylic acids is 2. The predicted molar refractivity (Wildman–Crippen MR) is 178 cm³/mol. The van der Waals surface area contributed by atoms with Crippen LogP contribution in [0, 0.1) is 12.7 Å². The second-order valence-corrected chi connectivity index (χ2v) is 13.1. The van der Waals surface area contributed by atoms with Gasteiger partial charge in [-0.25, -0.2) is 12.8 Å². The molecule has 0 radical (unpaired) electrons. The van der Waals surface area contributed by atoms with E-state index in [-0.39, 0.29) is 34.3 Å². The molecule has 0 saturated heterocycles. The standard InChI is InChI=1S/C35H37ClFN3O5S/c1-4-20-38-35(42)32(21-26-8-6-5-7-9-26)39(23-27-12-15-29(37)16-13-27)34(41)24-40(31-22-28(36)14-19-33(31)45-3)46(43,44)30-17-10-25(2)11-18-30/h5-19,22,32H,4,20-21,23-24H2,1-3H3,(H,38,42). The highest BCUT2D eigenvalue weighted by atomic mass is 35.5. The number of hydrogen-bond donors (Lipinski definition) is 1. The summed E-state index contributed by atoms with van der Waals surface area (Å²) in [5, 5.41) is 3.13. The Morgan fingerprint density at radius 2 is 1.61 bits per heavy atom. The fraction of sp³-hybridized carbons (Fsp3) is 0.257. The maximum atomic E-state index is 14.5. The second kappa shape index (κ2) is 15.7. The molecule has 1 N–H and O–H groups in total. The molecule has 242 valence electrons. The van der Waals surface area contributed by atoms with Crippen molar-refractivity contribution in [1.29, 1.82) is 0 Å². The number of amides is 2. The zero-order valence-corrected chi connectivity index (χ0v) is 27.5. The van der Waals surface area contributed by atoms with E-state index >= 15 is 0 Å². The molecule has 0 spiro atoms. The van der Waals surface area contributed by atoms with Crippen LogP contribution in [0.25, 0.3) is 0 Å². The second-order valence-electron chi connectivity index (χ2n) is 10.8. The lowest BCUT2D eigenvalue weighted by molar-refractivity contribution is -0.140. The number of aryl methyl sites for hydroxylation is 1. The highest BCUT2D eigenvalue weighted by molar-refractivity contribution is 7.92. The number of sulfonamides is 1. The van der Waals surface area contributed by atoms with E-state index in [9.17, 15) is 22.4 Å². The summed E-state index contributed by atoms with van der Waals surface area (Å²) >= 11 is 6.33. The van der Waals surface area contributed by atoms with Crippen molar-refractivity contribution in [1.82, 2.24) is 10.2 Å². The van der Waals surface area contributed by atoms with Crippen molar-refractivity contribution >= 4 is 39.1 Å². The smallest absolute Gasteiger partial charge is 0.264 e. The van der Waals surface area contributed by atoms with Gasteiger partial charge in [-0.1, -0.05) is 78.7 Å². The van der Waals surface area contributed by atoms with E-state index in [2.05, 4.69) is 5.32 Å². The summed E-state index contributed by atoms with van der Waals surface area (Å²) in [4.78, 5) is 29.5. The van der Waals surface area contributed by atoms with Gasteiger partial charge in [0.05, 0.1) is 17.7 Å². The molecular formula is C35H37ClFN3O5S. The molecule has 1 unspecified atom stereocenters. The van der Waals surface area contributed by atoms with Crippen molar-refractivity contribution in [3.8, 4) is 5.75 Å². The maximum Gasteiger partial charge on any atom is 0.264 e. The summed E-state index contributed by atoms with van der Waals surface area (Å²) in [6, 6.07) is 24.6. The van der Waals surface area contributed by atoms with Gasteiger partial charge in [0, 0.05) is 24.5 Å². The number of carbonyl (C=O) groups is 2. The molecule has 0 aliphatic carbocycles. The van der Waals surface area contributed by atoms with Gasteiger partial charge < -0.3 is 15.0 Å². The summed E-state index contributed by atoms with van der Waals surface area (Å²) in [5.41, 5.74) is 2.27. The molecule has 0 aliphatic rings. The number of nitrogens with one attached hydrogen (secondary N) is 1. The van der Waals surface area contributed by atoms with Crippen LogP contribution in [-0.4, -0.2) is 51.4 Å². The number of hydrogen-bond acceptors (Lipinski definition) is 5. The van der Waals surface area contributed by atoms with Gasteiger partial charge >= 0.3 is 0 Å². The number of methoxy groups -OCH3 is 1. The van der Waals surface area contributed by atoms with Crippen molar-refractivity contribution in [3.63, 3.8) is 0 Å². The molecular weight excluding hydrogens is 629 g/mol. The van der Waals surface area contributed by atoms with E-state index in [0.29, 0.717) is 18.5 Å². The minimum Gasteiger partial charge on any atom is -0.495 e. The first-order chi connectivity index (χ1) is 22.0. The van der Waals surface area contributed by atoms with Crippen LogP contribution in [0.2, 0.25) is 5.02 Å². The highest BCUT2D eigenvalue weighted by Gasteiger charge is 2.35. The zero-order chi connectivity index (χ0) is 33.3. The zero-order valence-electron chi connectivity index (χ0n) is 26.0. The molecule has 0 fully saturated rings. The van der Waals surface area contributed by atoms with E-state index in [1.165, 1.54) is 60.5 Å². The largest absolute Gasteiger partial charge is 0.495 e. The number of benzene rings is 4. The number of nitrogens with zero attached hydrogens (tertiary/aromatic N) is 2. The van der Waals surface area contributed by atoms with Crippen LogP contribution in [0.5, 0.6) is 5.75 Å². The van der Waals surface area contributed by atoms with Gasteiger partial charge in [-0.3, -0.25) is 13.9 Å². The van der Waals surface area contributed by atoms with Gasteiger partial charge in [0.25, 0.3) is 10.0 Å². The van der Waals surface area contributed by atoms with Crippen LogP contribution < -0.4 is 14.4 Å². The van der Waals surface area contributed by atoms with E-state index in [0.717, 1.165) is 15.4 Å². The Labute approximate surface area is 274 Å². The molecule has 11 heteroatoms. The monoisotopic (exact) mass is 665 g/mol. The van der Waals surface area contributed by atoms with Crippen LogP contribution in [0.15, 0.2) is 102 Å². The molecule has 4 rings (SSSR count). The first kappa shape index (κ1) is 34.5. The fourth-order valence-corrected chi connectivity index (χ4v) is 6.50. The number of anilines is 1. The minimum atomic E-state index is -4.35. The Morgan fingerprint density at radius 3 is 2.24 bits per heavy atom. The third-order valence-corrected chi connectivity index (χ3v) is 9.39. The first-order valence-electron chi connectivity index (χ1n) is 14.8. The quantitative estimate of drug-likeness (QED) is 0.174. The summed E-state index contributed by atoms with van der Waals surface area (Å²) in [5.74, 6) is -1.32. The van der Waals surface area contributed by atoms with Crippen LogP contribution in [0.4, 0.5) is 10.1 Å². The maximum absolute atomic E-state index is 14.5. The van der Waals surface area contributed by atoms with Gasteiger partial charge in [0.2, 0.25) is 11.8 Å². The van der Waals surface area contributed by atoms with Crippen molar-refractivity contribution in [2.75, 3.05) is 24.5 Å². The number of halogens is 2. The molecule has 0 bridgehead atoms. The van der Waals surface area contributed by atoms with Gasteiger partial charge in [0.15, 0.2) is 0 Å². The Balaban J connectivity index is 1.84. The Hall–Kier alpha value is -4.41. The molecule has 0 aromatic heterocycles. The summed E-state index contributed by atoms with van der Waals surface area (Å²) < 4.78 is 48.8. The van der Waals surface area contributed by atoms with Crippen molar-refractivity contribution in [3.05, 3.63) is 125 Å². The first-order valence-corrected chi connectivity index (χ1v) is 16.6. The van der Waals surface area contributed by atoms with Gasteiger partial charge in [-0.05, 0) is 66.9 Å². The molecule has 46 heavy (non-hydrogen) atoms. The van der Waals surface area contributed by atoms with Crippen LogP contribution in [0.1, 0.15) is 30.0 Å². The SMILES string of the molecule is CCCNC(=O)C(Cc1ccccc1)N(Cc1ccc(F)cc1)C(=O)CN(c1cc(Cl)ccc1OC)S(=O)(=O)c1ccc(C)cc1. The van der Waals surface area contributed by atoms with Gasteiger partial charge in [-0.15, -0.1) is 0 Å². The number of ether oxygens (including phenoxy) is 1. The van der Waals surface area contributed by atoms with Crippen molar-refractivity contribution in [2.45, 2.75) is 44.2 Å². The summed E-state index contributed by atoms with van der Waals surface area (Å²) in [7, 11) is -2.96. The molecule has 0 heterocycles. The lowest BCUT2D eigenvalue weighted by Gasteiger charge is -2.34. The molecule has 0 aliphatic heterocycles. The van der Waals surface area contributed by atoms with E-state index in [1.807, 2.05) is 44.2 Å². The molecule has 1 atom stereocenters. The van der Waals surface area contributed by atoms with Gasteiger partial charge in [0.1, 0.15) is 24.2 Å². The van der Waals surface area contributed by atoms with Crippen LogP contribution in [-0.2, 0) is 32.6 Å². The normalized spacial score (nSPS) is 11.8. The fourth-order valence-electron chi connectivity index (χ4n) is 4.92. The van der Waals surface area contributed by atoms with Gasteiger partial charge in [-0.2, -0.15) is 0 Å². The van der Waals surface area contributed by atoms with Crippen molar-refractivity contribution in [2.24, 2.45) is 0 Å². The molecule has 0 saturated carbocycles.